The molecule has 8 nitrogen and oxygen atoms in total. The molecule has 39 heavy (non-hydrogen) atoms. The lowest BCUT2D eigenvalue weighted by molar-refractivity contribution is -0.143. The third kappa shape index (κ3) is 6.09. The molecule has 2 heterocycles. The quantitative estimate of drug-likeness (QED) is 0.368. The molecule has 0 amide bonds. The van der Waals surface area contributed by atoms with Gasteiger partial charge in [-0.1, -0.05) is 29.5 Å². The zero-order chi connectivity index (χ0) is 28.3. The lowest BCUT2D eigenvalue weighted by atomic mass is 9.96. The van der Waals surface area contributed by atoms with E-state index in [-0.39, 0.29) is 17.8 Å². The summed E-state index contributed by atoms with van der Waals surface area (Å²) < 4.78 is 24.5. The summed E-state index contributed by atoms with van der Waals surface area (Å²) >= 11 is 1.27. The van der Waals surface area contributed by atoms with Crippen molar-refractivity contribution in [2.24, 2.45) is 4.99 Å². The first-order chi connectivity index (χ1) is 18.6. The molecule has 0 saturated carbocycles. The second-order valence-corrected chi connectivity index (χ2v) is 10.6. The third-order valence-corrected chi connectivity index (χ3v) is 6.92. The first-order valence-corrected chi connectivity index (χ1v) is 13.8. The number of fused-ring (bicyclic) bond motifs is 1. The van der Waals surface area contributed by atoms with Crippen LogP contribution in [0.4, 0.5) is 0 Å². The van der Waals surface area contributed by atoms with Gasteiger partial charge in [0.2, 0.25) is 0 Å². The monoisotopic (exact) mass is 550 g/mol. The highest BCUT2D eigenvalue weighted by atomic mass is 32.1. The highest BCUT2D eigenvalue weighted by Gasteiger charge is 2.33. The Morgan fingerprint density at radius 3 is 2.41 bits per heavy atom. The van der Waals surface area contributed by atoms with Crippen molar-refractivity contribution >= 4 is 23.4 Å². The van der Waals surface area contributed by atoms with Gasteiger partial charge in [0, 0.05) is 0 Å². The van der Waals surface area contributed by atoms with Gasteiger partial charge in [-0.2, -0.15) is 0 Å². The molecule has 206 valence electrons. The summed E-state index contributed by atoms with van der Waals surface area (Å²) in [6, 6.07) is 12.2. The van der Waals surface area contributed by atoms with E-state index in [1.54, 1.807) is 38.5 Å². The van der Waals surface area contributed by atoms with E-state index in [1.807, 2.05) is 63.2 Å². The molecule has 0 fully saturated rings. The van der Waals surface area contributed by atoms with E-state index in [1.165, 1.54) is 11.3 Å². The molecule has 0 aliphatic carbocycles. The minimum atomic E-state index is -0.693. The summed E-state index contributed by atoms with van der Waals surface area (Å²) in [5.74, 6) is 1.42. The van der Waals surface area contributed by atoms with Crippen molar-refractivity contribution in [1.82, 2.24) is 4.57 Å². The number of rotatable bonds is 9. The van der Waals surface area contributed by atoms with Crippen molar-refractivity contribution in [3.05, 3.63) is 84.5 Å². The van der Waals surface area contributed by atoms with Crippen molar-refractivity contribution in [1.29, 1.82) is 0 Å². The van der Waals surface area contributed by atoms with Crippen LogP contribution in [0.5, 0.6) is 17.2 Å². The van der Waals surface area contributed by atoms with Crippen molar-refractivity contribution in [3.63, 3.8) is 0 Å². The van der Waals surface area contributed by atoms with E-state index in [9.17, 15) is 9.59 Å². The second-order valence-electron chi connectivity index (χ2n) is 9.61. The van der Waals surface area contributed by atoms with Crippen LogP contribution < -0.4 is 29.1 Å². The molecular weight excluding hydrogens is 516 g/mol. The molecule has 2 aromatic carbocycles. The van der Waals surface area contributed by atoms with Crippen molar-refractivity contribution < 1.29 is 23.7 Å². The fourth-order valence-electron chi connectivity index (χ4n) is 4.37. The number of thiazole rings is 1. The van der Waals surface area contributed by atoms with Crippen LogP contribution in [-0.4, -0.2) is 36.5 Å². The van der Waals surface area contributed by atoms with Crippen LogP contribution in [0.2, 0.25) is 0 Å². The average molecular weight is 551 g/mol. The number of hydrogen-bond donors (Lipinski definition) is 0. The Morgan fingerprint density at radius 2 is 1.79 bits per heavy atom. The number of nitrogens with zero attached hydrogens (tertiary/aromatic N) is 2. The van der Waals surface area contributed by atoms with Crippen LogP contribution >= 0.6 is 11.3 Å². The number of methoxy groups -OCH3 is 1. The van der Waals surface area contributed by atoms with Crippen LogP contribution in [0.3, 0.4) is 0 Å². The van der Waals surface area contributed by atoms with Gasteiger partial charge in [-0.25, -0.2) is 9.79 Å². The van der Waals surface area contributed by atoms with Crippen LogP contribution in [-0.2, 0) is 9.53 Å². The predicted octanol–water partition coefficient (Wildman–Crippen LogP) is 4.38. The minimum absolute atomic E-state index is 0.00383. The van der Waals surface area contributed by atoms with E-state index in [2.05, 4.69) is 4.99 Å². The number of carbonyl (C=O) groups excluding carboxylic acids is 1. The first-order valence-electron chi connectivity index (χ1n) is 12.9. The van der Waals surface area contributed by atoms with Crippen LogP contribution in [0.25, 0.3) is 6.08 Å². The molecule has 0 bridgehead atoms. The molecule has 1 aliphatic rings. The van der Waals surface area contributed by atoms with Crippen molar-refractivity contribution in [3.8, 4) is 17.2 Å². The van der Waals surface area contributed by atoms with E-state index in [0.29, 0.717) is 44.5 Å². The first kappa shape index (κ1) is 28.2. The van der Waals surface area contributed by atoms with Crippen LogP contribution in [0.15, 0.2) is 63.5 Å². The Morgan fingerprint density at radius 1 is 1.08 bits per heavy atom. The molecule has 0 spiro atoms. The average Bonchev–Trinajstić information content (AvgIpc) is 3.18. The number of aromatic nitrogens is 1. The second kappa shape index (κ2) is 11.9. The van der Waals surface area contributed by atoms with Gasteiger partial charge in [0.1, 0.15) is 5.75 Å². The number of carbonyl (C=O) groups is 1. The number of hydrogen-bond acceptors (Lipinski definition) is 8. The summed E-state index contributed by atoms with van der Waals surface area (Å²) in [5.41, 5.74) is 2.14. The molecule has 0 N–H and O–H groups in total. The number of ether oxygens (including phenoxy) is 4. The Balaban J connectivity index is 1.86. The lowest BCUT2D eigenvalue weighted by Gasteiger charge is -2.25. The number of allylic oxidation sites excluding steroid dienone is 1. The zero-order valence-electron chi connectivity index (χ0n) is 23.3. The summed E-state index contributed by atoms with van der Waals surface area (Å²) in [6.07, 6.45) is 1.48. The smallest absolute Gasteiger partial charge is 0.338 e. The molecule has 1 aliphatic heterocycles. The van der Waals surface area contributed by atoms with Gasteiger partial charge in [0.15, 0.2) is 16.3 Å². The van der Waals surface area contributed by atoms with E-state index < -0.39 is 12.0 Å². The van der Waals surface area contributed by atoms with E-state index in [0.717, 1.165) is 11.1 Å². The van der Waals surface area contributed by atoms with Crippen molar-refractivity contribution in [2.75, 3.05) is 13.7 Å². The zero-order valence-corrected chi connectivity index (χ0v) is 24.1. The summed E-state index contributed by atoms with van der Waals surface area (Å²) in [6.45, 7) is 11.7. The maximum atomic E-state index is 13.9. The highest BCUT2D eigenvalue weighted by Crippen LogP contribution is 2.32. The van der Waals surface area contributed by atoms with Gasteiger partial charge < -0.3 is 18.9 Å². The van der Waals surface area contributed by atoms with E-state index in [4.69, 9.17) is 18.9 Å². The Hall–Kier alpha value is -3.85. The standard InChI is InChI=1S/C30H34N2O6S/c1-8-36-22-12-10-21(11-13-22)27-26(29(34)38-18(4)5)19(6)31-30-32(27)28(33)25(39-30)16-20-9-14-23(37-17(2)3)24(15-20)35-7/h9-18,27H,8H2,1-7H3/b25-16+/t27-/m0/s1. The molecule has 4 rings (SSSR count). The van der Waals surface area contributed by atoms with Gasteiger partial charge in [-0.3, -0.25) is 9.36 Å². The largest absolute Gasteiger partial charge is 0.494 e. The maximum absolute atomic E-state index is 13.9. The molecule has 0 radical (unpaired) electrons. The van der Waals surface area contributed by atoms with Crippen LogP contribution in [0, 0.1) is 0 Å². The molecule has 3 aromatic rings. The van der Waals surface area contributed by atoms with Gasteiger partial charge >= 0.3 is 5.97 Å². The maximum Gasteiger partial charge on any atom is 0.338 e. The fourth-order valence-corrected chi connectivity index (χ4v) is 5.41. The van der Waals surface area contributed by atoms with Gasteiger partial charge in [0.05, 0.1) is 47.8 Å². The lowest BCUT2D eigenvalue weighted by Crippen LogP contribution is -2.40. The van der Waals surface area contributed by atoms with Crippen molar-refractivity contribution in [2.45, 2.75) is 59.8 Å². The van der Waals surface area contributed by atoms with Gasteiger partial charge in [-0.15, -0.1) is 0 Å². The molecule has 0 unspecified atom stereocenters. The number of esters is 1. The van der Waals surface area contributed by atoms with Gasteiger partial charge in [-0.05, 0) is 83.0 Å². The Bertz CT molecular complexity index is 1560. The SMILES string of the molecule is CCOc1ccc([C@H]2C(C(=O)OC(C)C)=C(C)N=c3s/c(=C/c4ccc(OC(C)C)c(OC)c4)c(=O)n32)cc1. The fraction of sp³-hybridized carbons (Fsp3) is 0.367. The van der Waals surface area contributed by atoms with Crippen LogP contribution in [0.1, 0.15) is 58.7 Å². The Kier molecular flexibility index (Phi) is 8.60. The predicted molar refractivity (Wildman–Crippen MR) is 151 cm³/mol. The summed E-state index contributed by atoms with van der Waals surface area (Å²) in [5, 5.41) is 0. The summed E-state index contributed by atoms with van der Waals surface area (Å²) in [7, 11) is 1.58. The Labute approximate surface area is 231 Å². The normalized spacial score (nSPS) is 15.3. The molecular formula is C30H34N2O6S. The molecule has 9 heteroatoms. The summed E-state index contributed by atoms with van der Waals surface area (Å²) in [4.78, 5) is 32.3. The molecule has 0 saturated heterocycles. The minimum Gasteiger partial charge on any atom is -0.494 e. The third-order valence-electron chi connectivity index (χ3n) is 5.94. The van der Waals surface area contributed by atoms with E-state index >= 15 is 0 Å². The highest BCUT2D eigenvalue weighted by molar-refractivity contribution is 7.07. The number of benzene rings is 2. The van der Waals surface area contributed by atoms with Gasteiger partial charge in [0.25, 0.3) is 5.56 Å². The molecule has 1 atom stereocenters. The topological polar surface area (TPSA) is 88.4 Å². The molecule has 1 aromatic heterocycles.